The van der Waals surface area contributed by atoms with Crippen LogP contribution in [0.2, 0.25) is 5.02 Å². The van der Waals surface area contributed by atoms with Crippen molar-refractivity contribution < 1.29 is 18.7 Å². The molecule has 9 heteroatoms. The van der Waals surface area contributed by atoms with E-state index in [0.717, 1.165) is 10.4 Å². The minimum absolute atomic E-state index is 0.0777. The van der Waals surface area contributed by atoms with Gasteiger partial charge in [0.15, 0.2) is 0 Å². The van der Waals surface area contributed by atoms with Gasteiger partial charge < -0.3 is 10.4 Å². The van der Waals surface area contributed by atoms with E-state index in [1.54, 1.807) is 18.2 Å². The lowest BCUT2D eigenvalue weighted by Gasteiger charge is -2.08. The first-order valence-electron chi connectivity index (χ1n) is 7.93. The SMILES string of the molecule is O=C(O)c1nc(Nc2ccc(F)c(Cl)c2)c2cc(-c3ccc(F)cc3)sc2n1. The molecule has 0 aliphatic rings. The molecule has 0 aliphatic heterocycles. The molecule has 0 fully saturated rings. The molecule has 28 heavy (non-hydrogen) atoms. The van der Waals surface area contributed by atoms with Crippen LogP contribution in [0.4, 0.5) is 20.3 Å². The largest absolute Gasteiger partial charge is 0.475 e. The van der Waals surface area contributed by atoms with E-state index in [0.29, 0.717) is 15.9 Å². The normalized spacial score (nSPS) is 11.0. The first-order valence-corrected chi connectivity index (χ1v) is 9.13. The van der Waals surface area contributed by atoms with Crippen molar-refractivity contribution in [2.75, 3.05) is 5.32 Å². The Labute approximate surface area is 166 Å². The van der Waals surface area contributed by atoms with E-state index in [9.17, 15) is 18.7 Å². The van der Waals surface area contributed by atoms with Crippen LogP contribution in [0.3, 0.4) is 0 Å². The lowest BCUT2D eigenvalue weighted by molar-refractivity contribution is 0.0684. The van der Waals surface area contributed by atoms with Gasteiger partial charge in [0, 0.05) is 10.6 Å². The van der Waals surface area contributed by atoms with Crippen LogP contribution in [0.1, 0.15) is 10.6 Å². The highest BCUT2D eigenvalue weighted by Crippen LogP contribution is 2.36. The van der Waals surface area contributed by atoms with Gasteiger partial charge in [0.2, 0.25) is 5.82 Å². The number of aromatic carboxylic acids is 1. The Balaban J connectivity index is 1.84. The molecule has 0 amide bonds. The van der Waals surface area contributed by atoms with E-state index >= 15 is 0 Å². The predicted octanol–water partition coefficient (Wildman–Crippen LogP) is 5.73. The number of nitrogens with one attached hydrogen (secondary N) is 1. The van der Waals surface area contributed by atoms with Crippen LogP contribution in [0, 0.1) is 11.6 Å². The van der Waals surface area contributed by atoms with Crippen LogP contribution in [-0.2, 0) is 0 Å². The Morgan fingerprint density at radius 1 is 1.07 bits per heavy atom. The highest BCUT2D eigenvalue weighted by Gasteiger charge is 2.17. The first kappa shape index (κ1) is 18.3. The molecule has 0 radical (unpaired) electrons. The second-order valence-corrected chi connectivity index (χ2v) is 7.23. The average Bonchev–Trinajstić information content (AvgIpc) is 3.09. The molecule has 0 spiro atoms. The maximum absolute atomic E-state index is 13.4. The summed E-state index contributed by atoms with van der Waals surface area (Å²) in [5, 5.41) is 12.8. The summed E-state index contributed by atoms with van der Waals surface area (Å²) in [6.45, 7) is 0. The Kier molecular flexibility index (Phi) is 4.66. The van der Waals surface area contributed by atoms with Crippen LogP contribution < -0.4 is 5.32 Å². The number of nitrogens with zero attached hydrogens (tertiary/aromatic N) is 2. The van der Waals surface area contributed by atoms with Crippen molar-refractivity contribution in [3.63, 3.8) is 0 Å². The van der Waals surface area contributed by atoms with Crippen molar-refractivity contribution in [1.82, 2.24) is 9.97 Å². The number of hydrogen-bond acceptors (Lipinski definition) is 5. The van der Waals surface area contributed by atoms with E-state index in [2.05, 4.69) is 15.3 Å². The third-order valence-corrected chi connectivity index (χ3v) is 5.26. The smallest absolute Gasteiger partial charge is 0.374 e. The van der Waals surface area contributed by atoms with E-state index in [1.165, 1.54) is 41.7 Å². The van der Waals surface area contributed by atoms with Gasteiger partial charge in [0.1, 0.15) is 22.3 Å². The standard InChI is InChI=1S/C19H10ClF2N3O2S/c20-13-7-11(5-6-14(13)22)23-16-12-8-15(9-1-3-10(21)4-2-9)28-18(12)25-17(24-16)19(26)27/h1-8H,(H,26,27)(H,23,24,25). The summed E-state index contributed by atoms with van der Waals surface area (Å²) in [6.07, 6.45) is 0. The Bertz CT molecular complexity index is 1210. The highest BCUT2D eigenvalue weighted by atomic mass is 35.5. The van der Waals surface area contributed by atoms with Gasteiger partial charge in [-0.05, 0) is 42.0 Å². The third kappa shape index (κ3) is 3.51. The number of hydrogen-bond donors (Lipinski definition) is 2. The number of rotatable bonds is 4. The Morgan fingerprint density at radius 3 is 2.50 bits per heavy atom. The lowest BCUT2D eigenvalue weighted by atomic mass is 10.2. The number of benzene rings is 2. The summed E-state index contributed by atoms with van der Waals surface area (Å²) >= 11 is 7.06. The van der Waals surface area contributed by atoms with Crippen molar-refractivity contribution in [3.05, 3.63) is 71.0 Å². The fraction of sp³-hybridized carbons (Fsp3) is 0. The summed E-state index contributed by atoms with van der Waals surface area (Å²) in [6, 6.07) is 11.7. The van der Waals surface area contributed by atoms with Crippen LogP contribution in [0.15, 0.2) is 48.5 Å². The van der Waals surface area contributed by atoms with Crippen LogP contribution in [0.5, 0.6) is 0 Å². The van der Waals surface area contributed by atoms with Gasteiger partial charge in [0.05, 0.1) is 10.4 Å². The van der Waals surface area contributed by atoms with Gasteiger partial charge in [-0.15, -0.1) is 11.3 Å². The van der Waals surface area contributed by atoms with Gasteiger partial charge in [-0.3, -0.25) is 0 Å². The van der Waals surface area contributed by atoms with Crippen molar-refractivity contribution in [3.8, 4) is 10.4 Å². The number of fused-ring (bicyclic) bond motifs is 1. The molecule has 0 bridgehead atoms. The average molecular weight is 418 g/mol. The minimum atomic E-state index is -1.28. The molecule has 2 aromatic carbocycles. The maximum Gasteiger partial charge on any atom is 0.374 e. The van der Waals surface area contributed by atoms with E-state index in [4.69, 9.17) is 11.6 Å². The van der Waals surface area contributed by atoms with Crippen molar-refractivity contribution in [2.24, 2.45) is 0 Å². The molecular formula is C19H10ClF2N3O2S. The van der Waals surface area contributed by atoms with E-state index in [1.807, 2.05) is 0 Å². The van der Waals surface area contributed by atoms with Gasteiger partial charge in [-0.2, -0.15) is 0 Å². The second kappa shape index (κ2) is 7.14. The molecule has 0 saturated carbocycles. The second-order valence-electron chi connectivity index (χ2n) is 5.79. The molecule has 5 nitrogen and oxygen atoms in total. The zero-order chi connectivity index (χ0) is 19.8. The van der Waals surface area contributed by atoms with Crippen molar-refractivity contribution >= 4 is 50.6 Å². The maximum atomic E-state index is 13.4. The lowest BCUT2D eigenvalue weighted by Crippen LogP contribution is -2.06. The molecule has 4 rings (SSSR count). The predicted molar refractivity (Wildman–Crippen MR) is 104 cm³/mol. The van der Waals surface area contributed by atoms with Gasteiger partial charge in [-0.25, -0.2) is 23.5 Å². The number of anilines is 2. The molecular weight excluding hydrogens is 408 g/mol. The summed E-state index contributed by atoms with van der Waals surface area (Å²) in [7, 11) is 0. The molecule has 140 valence electrons. The fourth-order valence-electron chi connectivity index (χ4n) is 2.58. The molecule has 0 aliphatic carbocycles. The number of carboxylic acid groups (broad SMARTS) is 1. The molecule has 2 heterocycles. The number of carbonyl (C=O) groups is 1. The van der Waals surface area contributed by atoms with Crippen LogP contribution >= 0.6 is 22.9 Å². The summed E-state index contributed by atoms with van der Waals surface area (Å²) < 4.78 is 26.6. The van der Waals surface area contributed by atoms with Gasteiger partial charge >= 0.3 is 5.97 Å². The number of aromatic nitrogens is 2. The number of thiophene rings is 1. The monoisotopic (exact) mass is 417 g/mol. The summed E-state index contributed by atoms with van der Waals surface area (Å²) in [5.74, 6) is -2.34. The molecule has 0 atom stereocenters. The minimum Gasteiger partial charge on any atom is -0.475 e. The third-order valence-electron chi connectivity index (χ3n) is 3.90. The summed E-state index contributed by atoms with van der Waals surface area (Å²) in [4.78, 5) is 20.8. The highest BCUT2D eigenvalue weighted by molar-refractivity contribution is 7.21. The molecule has 2 N–H and O–H groups in total. The zero-order valence-electron chi connectivity index (χ0n) is 13.9. The van der Waals surface area contributed by atoms with Crippen molar-refractivity contribution in [1.29, 1.82) is 0 Å². The Morgan fingerprint density at radius 2 is 1.82 bits per heavy atom. The van der Waals surface area contributed by atoms with Crippen LogP contribution in [0.25, 0.3) is 20.7 Å². The quantitative estimate of drug-likeness (QED) is 0.443. The van der Waals surface area contributed by atoms with Gasteiger partial charge in [-0.1, -0.05) is 23.7 Å². The van der Waals surface area contributed by atoms with Crippen molar-refractivity contribution in [2.45, 2.75) is 0 Å². The van der Waals surface area contributed by atoms with Gasteiger partial charge in [0.25, 0.3) is 0 Å². The molecule has 2 aromatic heterocycles. The number of carboxylic acids is 1. The summed E-state index contributed by atoms with van der Waals surface area (Å²) in [5.41, 5.74) is 1.20. The molecule has 0 unspecified atom stereocenters. The van der Waals surface area contributed by atoms with E-state index in [-0.39, 0.29) is 22.5 Å². The zero-order valence-corrected chi connectivity index (χ0v) is 15.5. The van der Waals surface area contributed by atoms with Crippen LogP contribution in [-0.4, -0.2) is 21.0 Å². The fourth-order valence-corrected chi connectivity index (χ4v) is 3.80. The molecule has 4 aromatic rings. The molecule has 0 saturated heterocycles. The first-order chi connectivity index (χ1) is 13.4. The Hall–Kier alpha value is -3.10. The number of halogens is 3. The topological polar surface area (TPSA) is 75.1 Å². The van der Waals surface area contributed by atoms with E-state index < -0.39 is 11.8 Å².